The van der Waals surface area contributed by atoms with Gasteiger partial charge in [0, 0.05) is 0 Å². The molecular weight excluding hydrogens is 446 g/mol. The molecule has 0 fully saturated rings. The molecule has 1 unspecified atom stereocenters. The van der Waals surface area contributed by atoms with Crippen LogP contribution in [0.5, 0.6) is 11.5 Å². The molecule has 7 heteroatoms. The second-order valence-electron chi connectivity index (χ2n) is 8.43. The highest BCUT2D eigenvalue weighted by Gasteiger charge is 2.43. The normalized spacial score (nSPS) is 15.0. The molecule has 4 aromatic rings. The molecule has 2 aromatic heterocycles. The minimum Gasteiger partial charge on any atom is -0.490 e. The van der Waals surface area contributed by atoms with Crippen molar-refractivity contribution in [2.24, 2.45) is 0 Å². The van der Waals surface area contributed by atoms with Crippen molar-refractivity contribution in [3.8, 4) is 11.5 Å². The van der Waals surface area contributed by atoms with Crippen LogP contribution in [-0.4, -0.2) is 24.0 Å². The van der Waals surface area contributed by atoms with Gasteiger partial charge in [0.25, 0.3) is 5.91 Å². The number of unbranched alkanes of at least 4 members (excludes halogenated alkanes) is 1. The lowest BCUT2D eigenvalue weighted by Gasteiger charge is -2.25. The third-order valence-corrected chi connectivity index (χ3v) is 6.12. The van der Waals surface area contributed by atoms with Crippen molar-refractivity contribution < 1.29 is 23.1 Å². The van der Waals surface area contributed by atoms with Crippen LogP contribution in [0.4, 0.5) is 0 Å². The second kappa shape index (κ2) is 9.70. The van der Waals surface area contributed by atoms with Gasteiger partial charge in [-0.1, -0.05) is 31.5 Å². The smallest absolute Gasteiger partial charge is 0.291 e. The summed E-state index contributed by atoms with van der Waals surface area (Å²) < 4.78 is 23.3. The summed E-state index contributed by atoms with van der Waals surface area (Å²) in [5.74, 6) is 1.52. The van der Waals surface area contributed by atoms with Crippen molar-refractivity contribution >= 4 is 16.9 Å². The molecule has 1 aliphatic rings. The predicted octanol–water partition coefficient (Wildman–Crippen LogP) is 5.71. The van der Waals surface area contributed by atoms with Crippen molar-refractivity contribution in [2.45, 2.75) is 39.3 Å². The lowest BCUT2D eigenvalue weighted by molar-refractivity contribution is 0.0701. The summed E-state index contributed by atoms with van der Waals surface area (Å²) in [7, 11) is 0. The Labute approximate surface area is 202 Å². The van der Waals surface area contributed by atoms with Crippen LogP contribution in [0.2, 0.25) is 0 Å². The summed E-state index contributed by atoms with van der Waals surface area (Å²) in [4.78, 5) is 28.8. The van der Waals surface area contributed by atoms with Gasteiger partial charge in [0.15, 0.2) is 16.9 Å². The van der Waals surface area contributed by atoms with Crippen molar-refractivity contribution in [3.05, 3.63) is 93.7 Å². The van der Waals surface area contributed by atoms with Crippen LogP contribution in [0, 0.1) is 0 Å². The van der Waals surface area contributed by atoms with Gasteiger partial charge in [-0.2, -0.15) is 0 Å². The van der Waals surface area contributed by atoms with Crippen LogP contribution < -0.4 is 14.9 Å². The third kappa shape index (κ3) is 4.18. The molecule has 0 saturated heterocycles. The standard InChI is InChI=1S/C28H27NO6/c1-3-5-14-34-22-13-12-18(16-23(22)32-4-2)25-24-26(30)20-10-6-7-11-21(20)35-27(24)28(31)29(25)17-19-9-8-15-33-19/h6-13,15-16,25H,3-5,14,17H2,1-2H3. The highest BCUT2D eigenvalue weighted by Crippen LogP contribution is 2.41. The van der Waals surface area contributed by atoms with Gasteiger partial charge in [-0.3, -0.25) is 9.59 Å². The molecule has 0 saturated carbocycles. The van der Waals surface area contributed by atoms with Crippen molar-refractivity contribution in [3.63, 3.8) is 0 Å². The van der Waals surface area contributed by atoms with Crippen molar-refractivity contribution in [1.82, 2.24) is 4.90 Å². The zero-order chi connectivity index (χ0) is 24.4. The Hall–Kier alpha value is -4.00. The Balaban J connectivity index is 1.65. The first-order valence-corrected chi connectivity index (χ1v) is 11.9. The average molecular weight is 474 g/mol. The van der Waals surface area contributed by atoms with Gasteiger partial charge < -0.3 is 23.2 Å². The molecule has 1 amide bonds. The molecule has 0 radical (unpaired) electrons. The maximum atomic E-state index is 13.6. The van der Waals surface area contributed by atoms with E-state index in [1.165, 1.54) is 0 Å². The monoisotopic (exact) mass is 473 g/mol. The molecule has 0 spiro atoms. The first-order valence-electron chi connectivity index (χ1n) is 11.9. The molecule has 0 N–H and O–H groups in total. The van der Waals surface area contributed by atoms with E-state index in [0.717, 1.165) is 18.4 Å². The van der Waals surface area contributed by atoms with E-state index in [9.17, 15) is 9.59 Å². The summed E-state index contributed by atoms with van der Waals surface area (Å²) in [6.45, 7) is 5.24. The summed E-state index contributed by atoms with van der Waals surface area (Å²) in [5.41, 5.74) is 1.22. The van der Waals surface area contributed by atoms with Gasteiger partial charge in [0.1, 0.15) is 11.3 Å². The van der Waals surface area contributed by atoms with Gasteiger partial charge in [0.2, 0.25) is 5.76 Å². The first-order chi connectivity index (χ1) is 17.1. The summed E-state index contributed by atoms with van der Waals surface area (Å²) in [6.07, 6.45) is 3.52. The molecule has 7 nitrogen and oxygen atoms in total. The average Bonchev–Trinajstić information content (AvgIpc) is 3.48. The number of rotatable bonds is 9. The zero-order valence-corrected chi connectivity index (χ0v) is 19.8. The summed E-state index contributed by atoms with van der Waals surface area (Å²) in [5, 5.41) is 0.438. The van der Waals surface area contributed by atoms with Crippen LogP contribution in [0.25, 0.3) is 11.0 Å². The zero-order valence-electron chi connectivity index (χ0n) is 19.8. The second-order valence-corrected chi connectivity index (χ2v) is 8.43. The number of furan rings is 1. The number of benzene rings is 2. The van der Waals surface area contributed by atoms with Crippen LogP contribution in [-0.2, 0) is 6.54 Å². The lowest BCUT2D eigenvalue weighted by atomic mass is 9.98. The summed E-state index contributed by atoms with van der Waals surface area (Å²) in [6, 6.07) is 15.5. The van der Waals surface area contributed by atoms with Crippen LogP contribution >= 0.6 is 0 Å². The molecule has 3 heterocycles. The number of amides is 1. The number of hydrogen-bond donors (Lipinski definition) is 0. The number of carbonyl (C=O) groups is 1. The fourth-order valence-electron chi connectivity index (χ4n) is 4.46. The molecule has 1 aliphatic heterocycles. The predicted molar refractivity (Wildman–Crippen MR) is 131 cm³/mol. The van der Waals surface area contributed by atoms with E-state index in [1.807, 2.05) is 25.1 Å². The van der Waals surface area contributed by atoms with E-state index in [0.29, 0.717) is 47.0 Å². The minimum atomic E-state index is -0.660. The Morgan fingerprint density at radius 3 is 2.60 bits per heavy atom. The van der Waals surface area contributed by atoms with E-state index in [4.69, 9.17) is 18.3 Å². The molecule has 0 bridgehead atoms. The van der Waals surface area contributed by atoms with Gasteiger partial charge in [0.05, 0.1) is 43.0 Å². The maximum Gasteiger partial charge on any atom is 0.291 e. The first kappa shape index (κ1) is 22.8. The molecule has 35 heavy (non-hydrogen) atoms. The van der Waals surface area contributed by atoms with E-state index < -0.39 is 6.04 Å². The highest BCUT2D eigenvalue weighted by molar-refractivity contribution is 5.99. The third-order valence-electron chi connectivity index (χ3n) is 6.12. The molecule has 0 aliphatic carbocycles. The van der Waals surface area contributed by atoms with Gasteiger partial charge >= 0.3 is 0 Å². The SMILES string of the molecule is CCCCOc1ccc(C2c3c(oc4ccccc4c3=O)C(=O)N2Cc2ccco2)cc1OCC. The number of nitrogens with zero attached hydrogens (tertiary/aromatic N) is 1. The minimum absolute atomic E-state index is 0.0616. The van der Waals surface area contributed by atoms with Crippen molar-refractivity contribution in [1.29, 1.82) is 0 Å². The topological polar surface area (TPSA) is 82.1 Å². The Kier molecular flexibility index (Phi) is 6.31. The van der Waals surface area contributed by atoms with E-state index in [1.54, 1.807) is 47.6 Å². The number of fused-ring (bicyclic) bond motifs is 2. The molecule has 2 aromatic carbocycles. The Bertz CT molecular complexity index is 1400. The quantitative estimate of drug-likeness (QED) is 0.290. The van der Waals surface area contributed by atoms with Crippen LogP contribution in [0.1, 0.15) is 60.2 Å². The maximum absolute atomic E-state index is 13.6. The number of carbonyl (C=O) groups excluding carboxylic acids is 1. The largest absolute Gasteiger partial charge is 0.490 e. The number of para-hydroxylation sites is 1. The van der Waals surface area contributed by atoms with Crippen molar-refractivity contribution in [2.75, 3.05) is 13.2 Å². The van der Waals surface area contributed by atoms with E-state index in [2.05, 4.69) is 6.92 Å². The van der Waals surface area contributed by atoms with Crippen LogP contribution in [0.3, 0.4) is 0 Å². The fourth-order valence-corrected chi connectivity index (χ4v) is 4.46. The Morgan fingerprint density at radius 2 is 1.83 bits per heavy atom. The molecule has 180 valence electrons. The summed E-state index contributed by atoms with van der Waals surface area (Å²) >= 11 is 0. The molecular formula is C28H27NO6. The van der Waals surface area contributed by atoms with Gasteiger partial charge in [-0.05, 0) is 55.3 Å². The van der Waals surface area contributed by atoms with Gasteiger partial charge in [-0.15, -0.1) is 0 Å². The molecule has 5 rings (SSSR count). The molecule has 1 atom stereocenters. The lowest BCUT2D eigenvalue weighted by Crippen LogP contribution is -2.29. The number of ether oxygens (including phenoxy) is 2. The van der Waals surface area contributed by atoms with Gasteiger partial charge in [-0.25, -0.2) is 0 Å². The van der Waals surface area contributed by atoms with E-state index >= 15 is 0 Å². The number of hydrogen-bond acceptors (Lipinski definition) is 6. The Morgan fingerprint density at radius 1 is 0.971 bits per heavy atom. The van der Waals surface area contributed by atoms with E-state index in [-0.39, 0.29) is 23.6 Å². The fraction of sp³-hybridized carbons (Fsp3) is 0.286. The highest BCUT2D eigenvalue weighted by atomic mass is 16.5. The van der Waals surface area contributed by atoms with Crippen LogP contribution in [0.15, 0.2) is 74.5 Å².